The molecule has 0 fully saturated rings. The Morgan fingerprint density at radius 3 is 2.46 bits per heavy atom. The first-order valence-electron chi connectivity index (χ1n) is 6.35. The minimum atomic E-state index is -4.61. The molecule has 6 nitrogen and oxygen atoms in total. The van der Waals surface area contributed by atoms with Crippen LogP contribution in [0.5, 0.6) is 0 Å². The standard InChI is InChI=1S/C13H12F4N2O4S/c14-8-3-1-2-4-9(8)24-6-11(21)23-5-10(20)19-12(22)18-7-13(15,16)17/h1-4H,5-7H2,(H2,18,19,20,22). The highest BCUT2D eigenvalue weighted by molar-refractivity contribution is 8.00. The van der Waals surface area contributed by atoms with Gasteiger partial charge >= 0.3 is 18.2 Å². The van der Waals surface area contributed by atoms with Crippen molar-refractivity contribution in [2.45, 2.75) is 11.1 Å². The van der Waals surface area contributed by atoms with Gasteiger partial charge in [-0.05, 0) is 12.1 Å². The second kappa shape index (κ2) is 9.11. The van der Waals surface area contributed by atoms with E-state index in [-0.39, 0.29) is 10.6 Å². The van der Waals surface area contributed by atoms with Crippen LogP contribution in [0.1, 0.15) is 0 Å². The van der Waals surface area contributed by atoms with E-state index in [2.05, 4.69) is 4.74 Å². The first-order chi connectivity index (χ1) is 11.2. The van der Waals surface area contributed by atoms with Crippen LogP contribution in [-0.4, -0.2) is 43.0 Å². The molecule has 2 N–H and O–H groups in total. The molecule has 0 radical (unpaired) electrons. The lowest BCUT2D eigenvalue weighted by Crippen LogP contribution is -2.44. The number of halogens is 4. The summed E-state index contributed by atoms with van der Waals surface area (Å²) >= 11 is 0.846. The summed E-state index contributed by atoms with van der Waals surface area (Å²) in [4.78, 5) is 33.8. The fourth-order valence-corrected chi connectivity index (χ4v) is 2.01. The van der Waals surface area contributed by atoms with Crippen molar-refractivity contribution in [3.05, 3.63) is 30.1 Å². The third kappa shape index (κ3) is 8.36. The summed E-state index contributed by atoms with van der Waals surface area (Å²) in [6, 6.07) is 4.34. The van der Waals surface area contributed by atoms with Crippen molar-refractivity contribution in [3.8, 4) is 0 Å². The Labute approximate surface area is 137 Å². The van der Waals surface area contributed by atoms with Crippen LogP contribution in [0.3, 0.4) is 0 Å². The lowest BCUT2D eigenvalue weighted by atomic mass is 10.3. The average Bonchev–Trinajstić information content (AvgIpc) is 2.49. The number of carbonyl (C=O) groups excluding carboxylic acids is 3. The summed E-state index contributed by atoms with van der Waals surface area (Å²) in [5, 5.41) is 2.97. The molecule has 0 unspecified atom stereocenters. The Kier molecular flexibility index (Phi) is 7.49. The van der Waals surface area contributed by atoms with Crippen LogP contribution in [0.2, 0.25) is 0 Å². The van der Waals surface area contributed by atoms with Crippen molar-refractivity contribution < 1.29 is 36.7 Å². The number of carbonyl (C=O) groups is 3. The van der Waals surface area contributed by atoms with Crippen LogP contribution in [0.25, 0.3) is 0 Å². The molecule has 1 aromatic rings. The summed E-state index contributed by atoms with van der Waals surface area (Å²) in [6.07, 6.45) is -4.61. The molecular weight excluding hydrogens is 356 g/mol. The highest BCUT2D eigenvalue weighted by Crippen LogP contribution is 2.20. The van der Waals surface area contributed by atoms with Gasteiger partial charge in [0.15, 0.2) is 6.61 Å². The largest absolute Gasteiger partial charge is 0.455 e. The maximum Gasteiger partial charge on any atom is 0.405 e. The van der Waals surface area contributed by atoms with Crippen LogP contribution >= 0.6 is 11.8 Å². The summed E-state index contributed by atoms with van der Waals surface area (Å²) in [5.74, 6) is -2.75. The molecule has 0 saturated heterocycles. The van der Waals surface area contributed by atoms with Gasteiger partial charge in [-0.25, -0.2) is 9.18 Å². The number of rotatable bonds is 6. The first-order valence-corrected chi connectivity index (χ1v) is 7.33. The topological polar surface area (TPSA) is 84.5 Å². The van der Waals surface area contributed by atoms with Crippen molar-refractivity contribution in [1.29, 1.82) is 0 Å². The van der Waals surface area contributed by atoms with Gasteiger partial charge < -0.3 is 10.1 Å². The van der Waals surface area contributed by atoms with Gasteiger partial charge in [0.2, 0.25) is 0 Å². The maximum absolute atomic E-state index is 13.3. The molecule has 1 rings (SSSR count). The van der Waals surface area contributed by atoms with Gasteiger partial charge in [0.1, 0.15) is 12.4 Å². The predicted molar refractivity (Wildman–Crippen MR) is 75.7 cm³/mol. The highest BCUT2D eigenvalue weighted by atomic mass is 32.2. The number of thioether (sulfide) groups is 1. The predicted octanol–water partition coefficient (Wildman–Crippen LogP) is 1.85. The molecule has 1 aromatic carbocycles. The monoisotopic (exact) mass is 368 g/mol. The van der Waals surface area contributed by atoms with Crippen molar-refractivity contribution in [2.24, 2.45) is 0 Å². The van der Waals surface area contributed by atoms with Crippen LogP contribution in [0.15, 0.2) is 29.2 Å². The molecule has 11 heteroatoms. The molecule has 0 spiro atoms. The SMILES string of the molecule is O=C(COC(=O)CSc1ccccc1F)NC(=O)NCC(F)(F)F. The summed E-state index contributed by atoms with van der Waals surface area (Å²) < 4.78 is 53.3. The van der Waals surface area contributed by atoms with E-state index in [0.29, 0.717) is 0 Å². The van der Waals surface area contributed by atoms with Crippen LogP contribution in [0, 0.1) is 5.82 Å². The lowest BCUT2D eigenvalue weighted by Gasteiger charge is -2.09. The van der Waals surface area contributed by atoms with E-state index in [9.17, 15) is 31.9 Å². The third-order valence-corrected chi connectivity index (χ3v) is 3.27. The molecule has 0 saturated carbocycles. The van der Waals surface area contributed by atoms with Crippen LogP contribution in [0.4, 0.5) is 22.4 Å². The Balaban J connectivity index is 2.25. The summed E-state index contributed by atoms with van der Waals surface area (Å²) in [7, 11) is 0. The average molecular weight is 368 g/mol. The smallest absolute Gasteiger partial charge is 0.405 e. The molecule has 3 amide bonds. The Morgan fingerprint density at radius 1 is 1.17 bits per heavy atom. The minimum absolute atomic E-state index is 0.213. The van der Waals surface area contributed by atoms with Crippen molar-refractivity contribution in [2.75, 3.05) is 18.9 Å². The van der Waals surface area contributed by atoms with E-state index in [1.54, 1.807) is 11.4 Å². The molecule has 0 atom stereocenters. The molecule has 0 aliphatic heterocycles. The van der Waals surface area contributed by atoms with E-state index >= 15 is 0 Å². The zero-order chi connectivity index (χ0) is 18.2. The molecule has 0 aliphatic carbocycles. The van der Waals surface area contributed by atoms with Crippen LogP contribution < -0.4 is 10.6 Å². The van der Waals surface area contributed by atoms with Gasteiger partial charge in [0.25, 0.3) is 5.91 Å². The molecular formula is C13H12F4N2O4S. The zero-order valence-corrected chi connectivity index (χ0v) is 12.8. The number of nitrogens with one attached hydrogen (secondary N) is 2. The van der Waals surface area contributed by atoms with Gasteiger partial charge in [-0.15, -0.1) is 11.8 Å². The van der Waals surface area contributed by atoms with E-state index in [0.717, 1.165) is 11.8 Å². The molecule has 0 aromatic heterocycles. The van der Waals surface area contributed by atoms with Crippen molar-refractivity contribution in [1.82, 2.24) is 10.6 Å². The second-order valence-corrected chi connectivity index (χ2v) is 5.24. The molecule has 132 valence electrons. The van der Waals surface area contributed by atoms with Gasteiger partial charge in [0, 0.05) is 4.90 Å². The molecule has 0 heterocycles. The number of ether oxygens (including phenoxy) is 1. The fourth-order valence-electron chi connectivity index (χ4n) is 1.27. The normalized spacial score (nSPS) is 10.8. The number of hydrogen-bond donors (Lipinski definition) is 2. The lowest BCUT2D eigenvalue weighted by molar-refractivity contribution is -0.145. The Hall–Kier alpha value is -2.30. The van der Waals surface area contributed by atoms with Crippen molar-refractivity contribution >= 4 is 29.7 Å². The van der Waals surface area contributed by atoms with E-state index in [1.165, 1.54) is 23.5 Å². The van der Waals surface area contributed by atoms with Gasteiger partial charge in [-0.1, -0.05) is 12.1 Å². The van der Waals surface area contributed by atoms with Gasteiger partial charge in [0.05, 0.1) is 5.75 Å². The molecule has 24 heavy (non-hydrogen) atoms. The van der Waals surface area contributed by atoms with Gasteiger partial charge in [-0.2, -0.15) is 13.2 Å². The van der Waals surface area contributed by atoms with E-state index < -0.39 is 43.1 Å². The number of benzene rings is 1. The van der Waals surface area contributed by atoms with E-state index in [1.807, 2.05) is 0 Å². The van der Waals surface area contributed by atoms with Crippen LogP contribution in [-0.2, 0) is 14.3 Å². The van der Waals surface area contributed by atoms with Gasteiger partial charge in [-0.3, -0.25) is 14.9 Å². The highest BCUT2D eigenvalue weighted by Gasteiger charge is 2.28. The minimum Gasteiger partial charge on any atom is -0.455 e. The molecule has 0 bridgehead atoms. The summed E-state index contributed by atoms with van der Waals surface area (Å²) in [6.45, 7) is -2.46. The maximum atomic E-state index is 13.3. The molecule has 0 aliphatic rings. The fraction of sp³-hybridized carbons (Fsp3) is 0.308. The number of alkyl halides is 3. The zero-order valence-electron chi connectivity index (χ0n) is 12.0. The number of urea groups is 1. The quantitative estimate of drug-likeness (QED) is 0.455. The van der Waals surface area contributed by atoms with E-state index in [4.69, 9.17) is 0 Å². The number of hydrogen-bond acceptors (Lipinski definition) is 5. The van der Waals surface area contributed by atoms with Crippen molar-refractivity contribution in [3.63, 3.8) is 0 Å². The first kappa shape index (κ1) is 19.7. The Bertz CT molecular complexity index is 610. The second-order valence-electron chi connectivity index (χ2n) is 4.23. The number of esters is 1. The number of amides is 3. The number of imide groups is 1. The summed E-state index contributed by atoms with van der Waals surface area (Å²) in [5.41, 5.74) is 0. The third-order valence-electron chi connectivity index (χ3n) is 2.25. The Morgan fingerprint density at radius 2 is 1.83 bits per heavy atom.